The molecule has 1 rings (SSSR count). The Hall–Kier alpha value is -3.07. The van der Waals surface area contributed by atoms with Crippen molar-refractivity contribution < 1.29 is 33.7 Å². The molecule has 0 fully saturated rings. The Labute approximate surface area is 176 Å². The lowest BCUT2D eigenvalue weighted by atomic mass is 10.1. The van der Waals surface area contributed by atoms with Crippen molar-refractivity contribution in [2.24, 2.45) is 0 Å². The van der Waals surface area contributed by atoms with E-state index in [1.807, 2.05) is 0 Å². The summed E-state index contributed by atoms with van der Waals surface area (Å²) >= 11 is 0. The number of nitrogens with one attached hydrogen (secondary N) is 1. The molecule has 0 aliphatic carbocycles. The number of amides is 2. The summed E-state index contributed by atoms with van der Waals surface area (Å²) in [6.45, 7) is 11.6. The highest BCUT2D eigenvalue weighted by atomic mass is 16.6. The van der Waals surface area contributed by atoms with Crippen LogP contribution in [-0.4, -0.2) is 58.7 Å². The maximum Gasteiger partial charge on any atom is 0.429 e. The molecule has 0 bridgehead atoms. The third kappa shape index (κ3) is 7.75. The number of rotatable bonds is 8. The topological polar surface area (TPSA) is 114 Å². The Balaban J connectivity index is 2.98. The highest BCUT2D eigenvalue weighted by molar-refractivity contribution is 5.89. The summed E-state index contributed by atoms with van der Waals surface area (Å²) in [7, 11) is 0. The van der Waals surface area contributed by atoms with Gasteiger partial charge in [0, 0.05) is 0 Å². The van der Waals surface area contributed by atoms with Crippen LogP contribution >= 0.6 is 0 Å². The molecule has 9 heteroatoms. The molecule has 2 amide bonds. The summed E-state index contributed by atoms with van der Waals surface area (Å²) in [4.78, 5) is 36.8. The second kappa shape index (κ2) is 11.8. The van der Waals surface area contributed by atoms with Gasteiger partial charge in [0.15, 0.2) is 0 Å². The van der Waals surface area contributed by atoms with Gasteiger partial charge in [-0.3, -0.25) is 0 Å². The molecule has 0 radical (unpaired) electrons. The minimum atomic E-state index is -1.42. The lowest BCUT2D eigenvalue weighted by Gasteiger charge is -2.34. The van der Waals surface area contributed by atoms with Crippen LogP contribution < -0.4 is 5.43 Å². The molecular weight excluding hydrogens is 392 g/mol. The van der Waals surface area contributed by atoms with Gasteiger partial charge >= 0.3 is 18.2 Å². The van der Waals surface area contributed by atoms with Crippen LogP contribution in [-0.2, 0) is 14.2 Å². The van der Waals surface area contributed by atoms with Crippen LogP contribution in [0.5, 0.6) is 0 Å². The monoisotopic (exact) mass is 422 g/mol. The highest BCUT2D eigenvalue weighted by Crippen LogP contribution is 2.15. The third-order valence-corrected chi connectivity index (χ3v) is 3.81. The molecule has 2 N–H and O–H groups in total. The molecule has 0 aliphatic heterocycles. The maximum absolute atomic E-state index is 12.5. The van der Waals surface area contributed by atoms with E-state index < -0.39 is 48.6 Å². The van der Waals surface area contributed by atoms with Crippen molar-refractivity contribution in [1.29, 1.82) is 0 Å². The first kappa shape index (κ1) is 25.0. The van der Waals surface area contributed by atoms with Crippen LogP contribution in [0.4, 0.5) is 9.59 Å². The van der Waals surface area contributed by atoms with Gasteiger partial charge in [0.05, 0.1) is 23.8 Å². The van der Waals surface area contributed by atoms with Gasteiger partial charge in [-0.05, 0) is 52.8 Å². The van der Waals surface area contributed by atoms with E-state index in [0.29, 0.717) is 5.56 Å². The predicted octanol–water partition coefficient (Wildman–Crippen LogP) is 3.04. The fourth-order valence-electron chi connectivity index (χ4n) is 2.36. The number of hydrazine groups is 1. The second-order valence-electron chi connectivity index (χ2n) is 7.07. The van der Waals surface area contributed by atoms with Crippen LogP contribution in [0.25, 0.3) is 0 Å². The summed E-state index contributed by atoms with van der Waals surface area (Å²) in [6, 6.07) is 7.17. The van der Waals surface area contributed by atoms with E-state index in [1.165, 1.54) is 13.0 Å². The lowest BCUT2D eigenvalue weighted by molar-refractivity contribution is -0.0442. The molecule has 0 aliphatic rings. The number of ether oxygens (including phenoxy) is 3. The first-order valence-corrected chi connectivity index (χ1v) is 9.60. The number of esters is 1. The van der Waals surface area contributed by atoms with Gasteiger partial charge in [0.1, 0.15) is 12.2 Å². The maximum atomic E-state index is 12.5. The Bertz CT molecular complexity index is 721. The van der Waals surface area contributed by atoms with Gasteiger partial charge in [0.2, 0.25) is 0 Å². The van der Waals surface area contributed by atoms with E-state index in [4.69, 9.17) is 14.2 Å². The van der Waals surface area contributed by atoms with Crippen molar-refractivity contribution >= 4 is 18.2 Å². The molecule has 0 saturated heterocycles. The first-order chi connectivity index (χ1) is 14.1. The molecule has 3 atom stereocenters. The zero-order valence-electron chi connectivity index (χ0n) is 17.9. The van der Waals surface area contributed by atoms with Crippen LogP contribution in [0.15, 0.2) is 43.0 Å². The SMILES string of the molecule is C=C[C@H](OC(=O)c1ccccc1)[C@H](O)[C@@H](C)N(NC(=O)OC(C)C)C(=O)OC(C)C. The van der Waals surface area contributed by atoms with Gasteiger partial charge in [0.25, 0.3) is 0 Å². The predicted molar refractivity (Wildman–Crippen MR) is 110 cm³/mol. The summed E-state index contributed by atoms with van der Waals surface area (Å²) < 4.78 is 15.4. The summed E-state index contributed by atoms with van der Waals surface area (Å²) in [6.07, 6.45) is -4.06. The van der Waals surface area contributed by atoms with Crippen LogP contribution in [0.3, 0.4) is 0 Å². The van der Waals surface area contributed by atoms with E-state index in [-0.39, 0.29) is 0 Å². The van der Waals surface area contributed by atoms with E-state index in [1.54, 1.807) is 58.0 Å². The van der Waals surface area contributed by atoms with Crippen molar-refractivity contribution in [3.05, 3.63) is 48.6 Å². The van der Waals surface area contributed by atoms with Crippen molar-refractivity contribution in [1.82, 2.24) is 10.4 Å². The van der Waals surface area contributed by atoms with Crippen LogP contribution in [0.1, 0.15) is 45.0 Å². The molecule has 0 saturated carbocycles. The molecule has 166 valence electrons. The number of aliphatic hydroxyl groups is 1. The summed E-state index contributed by atoms with van der Waals surface area (Å²) in [5.41, 5.74) is 2.55. The van der Waals surface area contributed by atoms with Crippen LogP contribution in [0, 0.1) is 0 Å². The molecule has 0 spiro atoms. The largest absolute Gasteiger partial charge is 0.452 e. The number of carbonyl (C=O) groups is 3. The van der Waals surface area contributed by atoms with Gasteiger partial charge in [-0.2, -0.15) is 0 Å². The van der Waals surface area contributed by atoms with Crippen molar-refractivity contribution in [2.75, 3.05) is 0 Å². The number of hydrogen-bond donors (Lipinski definition) is 2. The molecule has 9 nitrogen and oxygen atoms in total. The van der Waals surface area contributed by atoms with Gasteiger partial charge in [-0.1, -0.05) is 24.8 Å². The molecule has 1 aromatic rings. The number of benzene rings is 1. The zero-order chi connectivity index (χ0) is 22.8. The van der Waals surface area contributed by atoms with E-state index >= 15 is 0 Å². The van der Waals surface area contributed by atoms with Crippen LogP contribution in [0.2, 0.25) is 0 Å². The third-order valence-electron chi connectivity index (χ3n) is 3.81. The number of carbonyl (C=O) groups excluding carboxylic acids is 3. The highest BCUT2D eigenvalue weighted by Gasteiger charge is 2.35. The molecule has 0 unspecified atom stereocenters. The van der Waals surface area contributed by atoms with E-state index in [2.05, 4.69) is 12.0 Å². The minimum absolute atomic E-state index is 0.291. The quantitative estimate of drug-likeness (QED) is 0.286. The average Bonchev–Trinajstić information content (AvgIpc) is 2.68. The van der Waals surface area contributed by atoms with Crippen molar-refractivity contribution in [3.8, 4) is 0 Å². The fraction of sp³-hybridized carbons (Fsp3) is 0.476. The second-order valence-corrected chi connectivity index (χ2v) is 7.07. The molecular formula is C21H30N2O7. The van der Waals surface area contributed by atoms with Gasteiger partial charge in [-0.15, -0.1) is 0 Å². The smallest absolute Gasteiger partial charge is 0.429 e. The minimum Gasteiger partial charge on any atom is -0.452 e. The Morgan fingerprint density at radius 3 is 2.07 bits per heavy atom. The molecule has 30 heavy (non-hydrogen) atoms. The normalized spacial score (nSPS) is 13.7. The number of nitrogens with zero attached hydrogens (tertiary/aromatic N) is 1. The fourth-order valence-corrected chi connectivity index (χ4v) is 2.36. The van der Waals surface area contributed by atoms with E-state index in [0.717, 1.165) is 5.01 Å². The number of hydrogen-bond acceptors (Lipinski definition) is 7. The zero-order valence-corrected chi connectivity index (χ0v) is 17.9. The standard InChI is InChI=1S/C21H30N2O7/c1-7-17(30-19(25)16-11-9-8-10-12-16)18(24)15(6)23(21(27)29-14(4)5)22-20(26)28-13(2)3/h7-15,17-18,24H,1H2,2-6H3,(H,22,26)/t15-,17+,18-/m1/s1. The van der Waals surface area contributed by atoms with Crippen molar-refractivity contribution in [2.45, 2.75) is 65.1 Å². The Kier molecular flexibility index (Phi) is 9.83. The lowest BCUT2D eigenvalue weighted by Crippen LogP contribution is -2.58. The molecule has 1 aromatic carbocycles. The Morgan fingerprint density at radius 1 is 1.00 bits per heavy atom. The van der Waals surface area contributed by atoms with E-state index in [9.17, 15) is 19.5 Å². The molecule has 0 aromatic heterocycles. The van der Waals surface area contributed by atoms with Gasteiger partial charge < -0.3 is 19.3 Å². The first-order valence-electron chi connectivity index (χ1n) is 9.60. The van der Waals surface area contributed by atoms with Crippen molar-refractivity contribution in [3.63, 3.8) is 0 Å². The Morgan fingerprint density at radius 2 is 1.57 bits per heavy atom. The molecule has 0 heterocycles. The van der Waals surface area contributed by atoms with Gasteiger partial charge in [-0.25, -0.2) is 24.8 Å². The summed E-state index contributed by atoms with van der Waals surface area (Å²) in [5, 5.41) is 11.5. The number of aliphatic hydroxyl groups excluding tert-OH is 1. The average molecular weight is 422 g/mol. The summed E-state index contributed by atoms with van der Waals surface area (Å²) in [5.74, 6) is -0.671.